The van der Waals surface area contributed by atoms with Crippen molar-refractivity contribution in [2.24, 2.45) is 5.73 Å². The number of nitrogens with one attached hydrogen (secondary N) is 1. The van der Waals surface area contributed by atoms with E-state index in [-0.39, 0.29) is 0 Å². The summed E-state index contributed by atoms with van der Waals surface area (Å²) >= 11 is 0. The average molecular weight is 162 g/mol. The summed E-state index contributed by atoms with van der Waals surface area (Å²) in [5, 5.41) is 3.14. The fraction of sp³-hybridized carbons (Fsp3) is 0.200. The predicted molar refractivity (Wildman–Crippen MR) is 51.5 cm³/mol. The highest BCUT2D eigenvalue weighted by Crippen LogP contribution is 1.96. The maximum atomic E-state index is 5.28. The van der Waals surface area contributed by atoms with Crippen molar-refractivity contribution in [2.75, 3.05) is 6.54 Å². The molecule has 0 amide bonds. The second-order valence-electron chi connectivity index (χ2n) is 2.50. The number of hydrogen-bond donors (Lipinski definition) is 2. The molecule has 0 atom stereocenters. The molecule has 2 heteroatoms. The van der Waals surface area contributed by atoms with Gasteiger partial charge in [0.05, 0.1) is 0 Å². The van der Waals surface area contributed by atoms with Gasteiger partial charge in [0.25, 0.3) is 0 Å². The van der Waals surface area contributed by atoms with Crippen LogP contribution in [0.15, 0.2) is 42.6 Å². The summed E-state index contributed by atoms with van der Waals surface area (Å²) in [4.78, 5) is 0. The summed E-state index contributed by atoms with van der Waals surface area (Å²) < 4.78 is 0. The summed E-state index contributed by atoms with van der Waals surface area (Å²) in [6, 6.07) is 10.2. The summed E-state index contributed by atoms with van der Waals surface area (Å²) in [5.74, 6) is 0. The van der Waals surface area contributed by atoms with Crippen LogP contribution in [-0.4, -0.2) is 6.54 Å². The summed E-state index contributed by atoms with van der Waals surface area (Å²) in [6.07, 6.45) is 3.77. The summed E-state index contributed by atoms with van der Waals surface area (Å²) in [5.41, 5.74) is 6.56. The van der Waals surface area contributed by atoms with Gasteiger partial charge in [0.2, 0.25) is 0 Å². The highest BCUT2D eigenvalue weighted by atomic mass is 14.8. The standard InChI is InChI=1S/C10H14N2/c11-7-4-8-12-9-10-5-2-1-3-6-10/h1-6,8,12H,7,9,11H2/b8-4+. The molecule has 0 heterocycles. The van der Waals surface area contributed by atoms with Gasteiger partial charge in [-0.3, -0.25) is 0 Å². The lowest BCUT2D eigenvalue weighted by molar-refractivity contribution is 0.866. The van der Waals surface area contributed by atoms with E-state index in [4.69, 9.17) is 5.73 Å². The van der Waals surface area contributed by atoms with Gasteiger partial charge in [0.1, 0.15) is 0 Å². The molecule has 3 N–H and O–H groups in total. The topological polar surface area (TPSA) is 38.0 Å². The molecule has 64 valence electrons. The largest absolute Gasteiger partial charge is 0.387 e. The van der Waals surface area contributed by atoms with E-state index in [2.05, 4.69) is 17.4 Å². The van der Waals surface area contributed by atoms with Gasteiger partial charge in [-0.15, -0.1) is 0 Å². The molecule has 2 nitrogen and oxygen atoms in total. The Hall–Kier alpha value is -1.28. The van der Waals surface area contributed by atoms with E-state index in [1.807, 2.05) is 30.5 Å². The molecule has 0 bridgehead atoms. The first-order chi connectivity index (χ1) is 5.93. The molecular weight excluding hydrogens is 148 g/mol. The maximum absolute atomic E-state index is 5.28. The van der Waals surface area contributed by atoms with Crippen LogP contribution in [0.1, 0.15) is 5.56 Å². The number of benzene rings is 1. The molecule has 0 radical (unpaired) electrons. The van der Waals surface area contributed by atoms with Crippen LogP contribution in [0, 0.1) is 0 Å². The Balaban J connectivity index is 2.29. The molecule has 0 fully saturated rings. The lowest BCUT2D eigenvalue weighted by Crippen LogP contribution is -2.05. The molecule has 0 aliphatic carbocycles. The highest BCUT2D eigenvalue weighted by Gasteiger charge is 1.85. The Bertz CT molecular complexity index is 229. The van der Waals surface area contributed by atoms with Crippen molar-refractivity contribution >= 4 is 0 Å². The molecule has 0 saturated carbocycles. The zero-order valence-electron chi connectivity index (χ0n) is 7.03. The van der Waals surface area contributed by atoms with Gasteiger partial charge in [0.15, 0.2) is 0 Å². The first-order valence-corrected chi connectivity index (χ1v) is 4.06. The minimum atomic E-state index is 0.585. The molecule has 0 aliphatic rings. The van der Waals surface area contributed by atoms with Crippen LogP contribution in [0.3, 0.4) is 0 Å². The molecule has 0 aromatic heterocycles. The zero-order chi connectivity index (χ0) is 8.65. The Morgan fingerprint density at radius 1 is 1.25 bits per heavy atom. The highest BCUT2D eigenvalue weighted by molar-refractivity contribution is 5.14. The third kappa shape index (κ3) is 3.21. The van der Waals surface area contributed by atoms with Crippen LogP contribution < -0.4 is 11.1 Å². The van der Waals surface area contributed by atoms with Crippen molar-refractivity contribution in [3.05, 3.63) is 48.2 Å². The van der Waals surface area contributed by atoms with Crippen LogP contribution in [0.25, 0.3) is 0 Å². The second kappa shape index (κ2) is 5.38. The Morgan fingerprint density at radius 3 is 2.67 bits per heavy atom. The third-order valence-electron chi connectivity index (χ3n) is 1.52. The van der Waals surface area contributed by atoms with Crippen LogP contribution in [-0.2, 0) is 6.54 Å². The van der Waals surface area contributed by atoms with Gasteiger partial charge in [0, 0.05) is 13.1 Å². The second-order valence-corrected chi connectivity index (χ2v) is 2.50. The van der Waals surface area contributed by atoms with Crippen molar-refractivity contribution in [3.63, 3.8) is 0 Å². The SMILES string of the molecule is NC/C=C/NCc1ccccc1. The predicted octanol–water partition coefficient (Wildman–Crippen LogP) is 1.25. The number of hydrogen-bond acceptors (Lipinski definition) is 2. The molecule has 12 heavy (non-hydrogen) atoms. The Morgan fingerprint density at radius 2 is 2.00 bits per heavy atom. The maximum Gasteiger partial charge on any atom is 0.0395 e. The van der Waals surface area contributed by atoms with Crippen molar-refractivity contribution in [1.29, 1.82) is 0 Å². The molecule has 0 spiro atoms. The number of nitrogens with two attached hydrogens (primary N) is 1. The van der Waals surface area contributed by atoms with E-state index in [9.17, 15) is 0 Å². The monoisotopic (exact) mass is 162 g/mol. The van der Waals surface area contributed by atoms with Gasteiger partial charge in [-0.1, -0.05) is 36.4 Å². The Kier molecular flexibility index (Phi) is 3.95. The van der Waals surface area contributed by atoms with E-state index >= 15 is 0 Å². The summed E-state index contributed by atoms with van der Waals surface area (Å²) in [7, 11) is 0. The van der Waals surface area contributed by atoms with E-state index < -0.39 is 0 Å². The normalized spacial score (nSPS) is 10.4. The fourth-order valence-corrected chi connectivity index (χ4v) is 0.924. The number of rotatable bonds is 4. The summed E-state index contributed by atoms with van der Waals surface area (Å²) in [6.45, 7) is 1.44. The minimum Gasteiger partial charge on any atom is -0.387 e. The molecule has 1 aromatic rings. The fourth-order valence-electron chi connectivity index (χ4n) is 0.924. The van der Waals surface area contributed by atoms with Crippen LogP contribution in [0.5, 0.6) is 0 Å². The van der Waals surface area contributed by atoms with Gasteiger partial charge < -0.3 is 11.1 Å². The first kappa shape index (κ1) is 8.81. The molecule has 1 rings (SSSR count). The Labute approximate surface area is 73.1 Å². The van der Waals surface area contributed by atoms with Crippen molar-refractivity contribution in [2.45, 2.75) is 6.54 Å². The van der Waals surface area contributed by atoms with E-state index in [1.165, 1.54) is 5.56 Å². The van der Waals surface area contributed by atoms with E-state index in [0.717, 1.165) is 6.54 Å². The van der Waals surface area contributed by atoms with Crippen LogP contribution >= 0.6 is 0 Å². The van der Waals surface area contributed by atoms with E-state index in [1.54, 1.807) is 0 Å². The molecule has 1 aromatic carbocycles. The average Bonchev–Trinajstić information content (AvgIpc) is 2.14. The zero-order valence-corrected chi connectivity index (χ0v) is 7.03. The smallest absolute Gasteiger partial charge is 0.0395 e. The van der Waals surface area contributed by atoms with Crippen molar-refractivity contribution < 1.29 is 0 Å². The van der Waals surface area contributed by atoms with Crippen LogP contribution in [0.4, 0.5) is 0 Å². The van der Waals surface area contributed by atoms with Gasteiger partial charge >= 0.3 is 0 Å². The van der Waals surface area contributed by atoms with E-state index in [0.29, 0.717) is 6.54 Å². The lowest BCUT2D eigenvalue weighted by atomic mass is 10.2. The molecule has 0 aliphatic heterocycles. The van der Waals surface area contributed by atoms with Crippen molar-refractivity contribution in [1.82, 2.24) is 5.32 Å². The van der Waals surface area contributed by atoms with Crippen LogP contribution in [0.2, 0.25) is 0 Å². The molecule has 0 saturated heterocycles. The lowest BCUT2D eigenvalue weighted by Gasteiger charge is -1.99. The quantitative estimate of drug-likeness (QED) is 0.699. The molecule has 0 unspecified atom stereocenters. The van der Waals surface area contributed by atoms with Gasteiger partial charge in [-0.25, -0.2) is 0 Å². The van der Waals surface area contributed by atoms with Gasteiger partial charge in [-0.05, 0) is 11.8 Å². The van der Waals surface area contributed by atoms with Crippen molar-refractivity contribution in [3.8, 4) is 0 Å². The van der Waals surface area contributed by atoms with Gasteiger partial charge in [-0.2, -0.15) is 0 Å². The third-order valence-corrected chi connectivity index (χ3v) is 1.52. The molecular formula is C10H14N2. The minimum absolute atomic E-state index is 0.585. The first-order valence-electron chi connectivity index (χ1n) is 4.06.